The van der Waals surface area contributed by atoms with E-state index >= 15 is 0 Å². The molecule has 1 aliphatic heterocycles. The summed E-state index contributed by atoms with van der Waals surface area (Å²) in [6.07, 6.45) is 6.37. The van der Waals surface area contributed by atoms with E-state index in [4.69, 9.17) is 0 Å². The van der Waals surface area contributed by atoms with E-state index in [2.05, 4.69) is 46.2 Å². The third kappa shape index (κ3) is 12.0. The molecule has 0 aliphatic carbocycles. The number of aliphatic imine (C=N–C) groups is 1. The molecule has 1 rings (SSSR count). The highest BCUT2D eigenvalue weighted by Gasteiger charge is 2.14. The van der Waals surface area contributed by atoms with Gasteiger partial charge in [-0.15, -0.1) is 24.0 Å². The van der Waals surface area contributed by atoms with Crippen LogP contribution in [-0.2, 0) is 0 Å². The van der Waals surface area contributed by atoms with Crippen LogP contribution in [0.25, 0.3) is 0 Å². The summed E-state index contributed by atoms with van der Waals surface area (Å²) in [4.78, 5) is 9.40. The fourth-order valence-electron chi connectivity index (χ4n) is 3.22. The van der Waals surface area contributed by atoms with Crippen LogP contribution in [0.2, 0.25) is 0 Å². The lowest BCUT2D eigenvalue weighted by atomic mass is 9.99. The molecule has 1 saturated heterocycles. The van der Waals surface area contributed by atoms with E-state index in [1.54, 1.807) is 0 Å². The van der Waals surface area contributed by atoms with E-state index in [9.17, 15) is 0 Å². The summed E-state index contributed by atoms with van der Waals surface area (Å²) in [6.45, 7) is 16.1. The Hall–Kier alpha value is -0.0800. The zero-order valence-corrected chi connectivity index (χ0v) is 19.3. The molecular weight excluding hydrogens is 425 g/mol. The predicted octanol–water partition coefficient (Wildman–Crippen LogP) is 3.01. The highest BCUT2D eigenvalue weighted by molar-refractivity contribution is 14.0. The standard InChI is InChI=1S/C19H41N5.HI/c1-5-23(6-2)14-8-7-12-21-19(20-4)22-13-9-15-24-16-10-18(3)11-17-24;/h18H,5-17H2,1-4H3,(H2,20,21,22);1H. The molecule has 0 atom stereocenters. The second-order valence-corrected chi connectivity index (χ2v) is 7.04. The van der Waals surface area contributed by atoms with Gasteiger partial charge in [-0.05, 0) is 77.3 Å². The Morgan fingerprint density at radius 1 is 1.04 bits per heavy atom. The minimum absolute atomic E-state index is 0. The van der Waals surface area contributed by atoms with Crippen molar-refractivity contribution in [2.24, 2.45) is 10.9 Å². The molecule has 2 N–H and O–H groups in total. The number of halogens is 1. The fourth-order valence-corrected chi connectivity index (χ4v) is 3.22. The Balaban J connectivity index is 0.00000576. The highest BCUT2D eigenvalue weighted by atomic mass is 127. The molecule has 1 heterocycles. The first kappa shape index (κ1) is 24.9. The number of guanidine groups is 1. The lowest BCUT2D eigenvalue weighted by Gasteiger charge is -2.30. The molecule has 0 unspecified atom stereocenters. The number of piperidine rings is 1. The summed E-state index contributed by atoms with van der Waals surface area (Å²) in [6, 6.07) is 0. The van der Waals surface area contributed by atoms with Crippen LogP contribution >= 0.6 is 24.0 Å². The molecule has 0 spiro atoms. The minimum Gasteiger partial charge on any atom is -0.356 e. The molecule has 0 saturated carbocycles. The van der Waals surface area contributed by atoms with Gasteiger partial charge in [0.05, 0.1) is 0 Å². The van der Waals surface area contributed by atoms with Crippen molar-refractivity contribution < 1.29 is 0 Å². The molecule has 0 amide bonds. The van der Waals surface area contributed by atoms with Gasteiger partial charge in [0.2, 0.25) is 0 Å². The summed E-state index contributed by atoms with van der Waals surface area (Å²) in [7, 11) is 1.86. The molecule has 0 aromatic rings. The molecule has 150 valence electrons. The van der Waals surface area contributed by atoms with Gasteiger partial charge in [-0.25, -0.2) is 0 Å². The van der Waals surface area contributed by atoms with Crippen LogP contribution in [0.4, 0.5) is 0 Å². The van der Waals surface area contributed by atoms with Crippen LogP contribution in [0.5, 0.6) is 0 Å². The van der Waals surface area contributed by atoms with Gasteiger partial charge in [-0.2, -0.15) is 0 Å². The van der Waals surface area contributed by atoms with Gasteiger partial charge in [0.1, 0.15) is 0 Å². The Labute approximate surface area is 173 Å². The molecule has 0 bridgehead atoms. The van der Waals surface area contributed by atoms with Gasteiger partial charge in [-0.1, -0.05) is 20.8 Å². The van der Waals surface area contributed by atoms with Crippen LogP contribution in [0, 0.1) is 5.92 Å². The number of likely N-dealkylation sites (tertiary alicyclic amines) is 1. The van der Waals surface area contributed by atoms with E-state index in [0.29, 0.717) is 0 Å². The van der Waals surface area contributed by atoms with Gasteiger partial charge in [0, 0.05) is 20.1 Å². The van der Waals surface area contributed by atoms with Crippen molar-refractivity contribution in [3.8, 4) is 0 Å². The number of hydrogen-bond acceptors (Lipinski definition) is 3. The highest BCUT2D eigenvalue weighted by Crippen LogP contribution is 2.15. The Morgan fingerprint density at radius 3 is 2.20 bits per heavy atom. The molecule has 0 radical (unpaired) electrons. The second kappa shape index (κ2) is 16.1. The molecule has 6 heteroatoms. The van der Waals surface area contributed by atoms with Crippen molar-refractivity contribution in [3.63, 3.8) is 0 Å². The summed E-state index contributed by atoms with van der Waals surface area (Å²) >= 11 is 0. The second-order valence-electron chi connectivity index (χ2n) is 7.04. The van der Waals surface area contributed by atoms with Gasteiger partial charge < -0.3 is 20.4 Å². The Bertz CT molecular complexity index is 326. The lowest BCUT2D eigenvalue weighted by molar-refractivity contribution is 0.191. The summed E-state index contributed by atoms with van der Waals surface area (Å²) in [5, 5.41) is 6.87. The first-order valence-electron chi connectivity index (χ1n) is 10.1. The van der Waals surface area contributed by atoms with Crippen molar-refractivity contribution in [1.29, 1.82) is 0 Å². The lowest BCUT2D eigenvalue weighted by Crippen LogP contribution is -2.40. The zero-order chi connectivity index (χ0) is 17.6. The van der Waals surface area contributed by atoms with Crippen LogP contribution in [0.1, 0.15) is 52.9 Å². The maximum atomic E-state index is 4.32. The average Bonchev–Trinajstić information content (AvgIpc) is 2.61. The van der Waals surface area contributed by atoms with Gasteiger partial charge in [0.25, 0.3) is 0 Å². The molecule has 1 aliphatic rings. The van der Waals surface area contributed by atoms with Gasteiger partial charge >= 0.3 is 0 Å². The Kier molecular flexibility index (Phi) is 16.1. The Morgan fingerprint density at radius 2 is 1.64 bits per heavy atom. The smallest absolute Gasteiger partial charge is 0.190 e. The van der Waals surface area contributed by atoms with Crippen molar-refractivity contribution in [2.45, 2.75) is 52.9 Å². The van der Waals surface area contributed by atoms with E-state index < -0.39 is 0 Å². The van der Waals surface area contributed by atoms with Crippen molar-refractivity contribution in [3.05, 3.63) is 0 Å². The van der Waals surface area contributed by atoms with Crippen LogP contribution in [0.3, 0.4) is 0 Å². The van der Waals surface area contributed by atoms with Crippen molar-refractivity contribution in [2.75, 3.05) is 59.4 Å². The topological polar surface area (TPSA) is 42.9 Å². The number of nitrogens with zero attached hydrogens (tertiary/aromatic N) is 3. The first-order valence-corrected chi connectivity index (χ1v) is 10.1. The average molecular weight is 467 g/mol. The molecule has 5 nitrogen and oxygen atoms in total. The fraction of sp³-hybridized carbons (Fsp3) is 0.947. The molecule has 0 aromatic heterocycles. The minimum atomic E-state index is 0. The van der Waals surface area contributed by atoms with E-state index in [1.807, 2.05) is 7.05 Å². The summed E-state index contributed by atoms with van der Waals surface area (Å²) < 4.78 is 0. The van der Waals surface area contributed by atoms with Crippen LogP contribution in [0.15, 0.2) is 4.99 Å². The molecule has 0 aromatic carbocycles. The third-order valence-electron chi connectivity index (χ3n) is 5.13. The number of nitrogens with one attached hydrogen (secondary N) is 2. The van der Waals surface area contributed by atoms with Gasteiger partial charge in [-0.3, -0.25) is 4.99 Å². The van der Waals surface area contributed by atoms with E-state index in [0.717, 1.165) is 38.1 Å². The SMILES string of the molecule is CCN(CC)CCCCNC(=NC)NCCCN1CCC(C)CC1.I. The quantitative estimate of drug-likeness (QED) is 0.212. The van der Waals surface area contributed by atoms with Crippen molar-refractivity contribution >= 4 is 29.9 Å². The number of rotatable bonds is 11. The number of unbranched alkanes of at least 4 members (excludes halogenated alkanes) is 1. The molecule has 25 heavy (non-hydrogen) atoms. The maximum absolute atomic E-state index is 4.32. The largest absolute Gasteiger partial charge is 0.356 e. The maximum Gasteiger partial charge on any atom is 0.190 e. The van der Waals surface area contributed by atoms with E-state index in [-0.39, 0.29) is 24.0 Å². The van der Waals surface area contributed by atoms with Crippen LogP contribution < -0.4 is 10.6 Å². The third-order valence-corrected chi connectivity index (χ3v) is 5.13. The van der Waals surface area contributed by atoms with Crippen LogP contribution in [-0.4, -0.2) is 75.2 Å². The van der Waals surface area contributed by atoms with Gasteiger partial charge in [0.15, 0.2) is 5.96 Å². The monoisotopic (exact) mass is 467 g/mol. The zero-order valence-electron chi connectivity index (χ0n) is 17.0. The normalized spacial score (nSPS) is 16.8. The van der Waals surface area contributed by atoms with E-state index in [1.165, 1.54) is 58.3 Å². The first-order chi connectivity index (χ1) is 11.7. The molecular formula is C19H42IN5. The summed E-state index contributed by atoms with van der Waals surface area (Å²) in [5.74, 6) is 1.87. The predicted molar refractivity (Wildman–Crippen MR) is 121 cm³/mol. The number of hydrogen-bond donors (Lipinski definition) is 2. The van der Waals surface area contributed by atoms with Crippen molar-refractivity contribution in [1.82, 2.24) is 20.4 Å². The summed E-state index contributed by atoms with van der Waals surface area (Å²) in [5.41, 5.74) is 0. The molecule has 1 fully saturated rings.